The van der Waals surface area contributed by atoms with Crippen LogP contribution in [0.25, 0.3) is 0 Å². The van der Waals surface area contributed by atoms with E-state index in [1.807, 2.05) is 11.9 Å². The molecule has 2 aliphatic heterocycles. The second-order valence-corrected chi connectivity index (χ2v) is 5.04. The number of piperidine rings is 1. The third-order valence-corrected chi connectivity index (χ3v) is 4.14. The van der Waals surface area contributed by atoms with E-state index in [0.717, 1.165) is 6.42 Å². The number of rotatable bonds is 2. The summed E-state index contributed by atoms with van der Waals surface area (Å²) < 4.78 is 10.00. The minimum absolute atomic E-state index is 0.235. The molecule has 2 aliphatic rings. The molecule has 1 N–H and O–H groups in total. The standard InChI is InChI=1S/C12H19NO5/c1-7(14)18-12(11(16)17-3)9-5-4-8(13(9)2)6-10(12)15/h8-10,15H,4-6H2,1-3H3/t8-,9+,10-,12+/m0/s1. The van der Waals surface area contributed by atoms with Crippen LogP contribution in [0, 0.1) is 0 Å². The average Bonchev–Trinajstić information content (AvgIpc) is 2.58. The monoisotopic (exact) mass is 257 g/mol. The van der Waals surface area contributed by atoms with Gasteiger partial charge in [-0.1, -0.05) is 0 Å². The summed E-state index contributed by atoms with van der Waals surface area (Å²) in [5.41, 5.74) is -1.58. The van der Waals surface area contributed by atoms with Crippen molar-refractivity contribution in [2.75, 3.05) is 14.2 Å². The molecular weight excluding hydrogens is 238 g/mol. The molecule has 0 spiro atoms. The molecule has 18 heavy (non-hydrogen) atoms. The van der Waals surface area contributed by atoms with Crippen LogP contribution < -0.4 is 0 Å². The Kier molecular flexibility index (Phi) is 3.33. The summed E-state index contributed by atoms with van der Waals surface area (Å²) in [6, 6.07) is -0.0825. The van der Waals surface area contributed by atoms with Crippen molar-refractivity contribution < 1.29 is 24.2 Å². The van der Waals surface area contributed by atoms with Gasteiger partial charge in [-0.05, 0) is 26.3 Å². The van der Waals surface area contributed by atoms with Gasteiger partial charge in [0, 0.05) is 13.0 Å². The number of hydrogen-bond donors (Lipinski definition) is 1. The maximum absolute atomic E-state index is 12.1. The number of carbonyl (C=O) groups is 2. The Labute approximate surface area is 106 Å². The quantitative estimate of drug-likeness (QED) is 0.684. The van der Waals surface area contributed by atoms with Gasteiger partial charge in [0.2, 0.25) is 5.60 Å². The lowest BCUT2D eigenvalue weighted by Crippen LogP contribution is -2.68. The molecule has 6 heteroatoms. The fourth-order valence-electron chi connectivity index (χ4n) is 3.32. The second kappa shape index (κ2) is 4.51. The van der Waals surface area contributed by atoms with Crippen molar-refractivity contribution in [2.45, 2.75) is 50.0 Å². The van der Waals surface area contributed by atoms with E-state index >= 15 is 0 Å². The third-order valence-electron chi connectivity index (χ3n) is 4.14. The highest BCUT2D eigenvalue weighted by Gasteiger charge is 2.63. The first kappa shape index (κ1) is 13.3. The molecule has 0 saturated carbocycles. The molecule has 0 radical (unpaired) electrons. The number of methoxy groups -OCH3 is 1. The van der Waals surface area contributed by atoms with Crippen LogP contribution >= 0.6 is 0 Å². The molecule has 0 aromatic heterocycles. The van der Waals surface area contributed by atoms with E-state index in [4.69, 9.17) is 9.47 Å². The van der Waals surface area contributed by atoms with E-state index in [2.05, 4.69) is 0 Å². The Hall–Kier alpha value is -1.14. The van der Waals surface area contributed by atoms with Gasteiger partial charge in [0.15, 0.2) is 0 Å². The maximum Gasteiger partial charge on any atom is 0.354 e. The lowest BCUT2D eigenvalue weighted by molar-refractivity contribution is -0.212. The molecule has 0 unspecified atom stereocenters. The molecule has 102 valence electrons. The van der Waals surface area contributed by atoms with Gasteiger partial charge < -0.3 is 14.6 Å². The minimum Gasteiger partial charge on any atom is -0.466 e. The summed E-state index contributed by atoms with van der Waals surface area (Å²) in [6.07, 6.45) is 0.997. The van der Waals surface area contributed by atoms with E-state index < -0.39 is 23.6 Å². The predicted octanol–water partition coefficient (Wildman–Crippen LogP) is -0.311. The second-order valence-electron chi connectivity index (χ2n) is 5.04. The van der Waals surface area contributed by atoms with Crippen LogP contribution in [0.2, 0.25) is 0 Å². The smallest absolute Gasteiger partial charge is 0.354 e. The van der Waals surface area contributed by atoms with Gasteiger partial charge in [-0.25, -0.2) is 4.79 Å². The minimum atomic E-state index is -1.58. The van der Waals surface area contributed by atoms with E-state index in [0.29, 0.717) is 12.8 Å². The Bertz CT molecular complexity index is 371. The molecule has 0 aromatic carbocycles. The van der Waals surface area contributed by atoms with Crippen molar-refractivity contribution in [1.29, 1.82) is 0 Å². The molecule has 2 saturated heterocycles. The van der Waals surface area contributed by atoms with Crippen molar-refractivity contribution in [2.24, 2.45) is 0 Å². The first-order chi connectivity index (χ1) is 8.43. The zero-order chi connectivity index (χ0) is 13.5. The highest BCUT2D eigenvalue weighted by atomic mass is 16.6. The largest absolute Gasteiger partial charge is 0.466 e. The lowest BCUT2D eigenvalue weighted by atomic mass is 9.82. The first-order valence-electron chi connectivity index (χ1n) is 6.11. The van der Waals surface area contributed by atoms with Crippen LogP contribution in [-0.2, 0) is 19.1 Å². The Morgan fingerprint density at radius 3 is 2.61 bits per heavy atom. The highest BCUT2D eigenvalue weighted by Crippen LogP contribution is 2.43. The number of nitrogens with zero attached hydrogens (tertiary/aromatic N) is 1. The third kappa shape index (κ3) is 1.71. The lowest BCUT2D eigenvalue weighted by Gasteiger charge is -2.46. The van der Waals surface area contributed by atoms with Gasteiger partial charge in [0.05, 0.1) is 13.2 Å². The van der Waals surface area contributed by atoms with Gasteiger partial charge in [0.1, 0.15) is 6.10 Å². The summed E-state index contributed by atoms with van der Waals surface area (Å²) in [5, 5.41) is 10.3. The highest BCUT2D eigenvalue weighted by molar-refractivity contribution is 5.85. The van der Waals surface area contributed by atoms with Crippen molar-refractivity contribution in [3.63, 3.8) is 0 Å². The van der Waals surface area contributed by atoms with Crippen molar-refractivity contribution in [3.05, 3.63) is 0 Å². The molecule has 0 aliphatic carbocycles. The number of likely N-dealkylation sites (N-methyl/N-ethyl adjacent to an activating group) is 1. The normalized spacial score (nSPS) is 39.4. The van der Waals surface area contributed by atoms with E-state index in [1.165, 1.54) is 14.0 Å². The molecule has 4 atom stereocenters. The summed E-state index contributed by atoms with van der Waals surface area (Å²) in [6.45, 7) is 1.23. The topological polar surface area (TPSA) is 76.1 Å². The number of esters is 2. The Morgan fingerprint density at radius 2 is 2.06 bits per heavy atom. The van der Waals surface area contributed by atoms with Crippen LogP contribution in [0.1, 0.15) is 26.2 Å². The van der Waals surface area contributed by atoms with Crippen molar-refractivity contribution in [1.82, 2.24) is 4.90 Å². The van der Waals surface area contributed by atoms with Gasteiger partial charge in [0.25, 0.3) is 0 Å². The molecular formula is C12H19NO5. The number of hydrogen-bond acceptors (Lipinski definition) is 6. The molecule has 2 rings (SSSR count). The Balaban J connectivity index is 2.42. The fourth-order valence-corrected chi connectivity index (χ4v) is 3.32. The molecule has 0 aromatic rings. The van der Waals surface area contributed by atoms with Crippen LogP contribution in [-0.4, -0.2) is 59.9 Å². The SMILES string of the molecule is COC(=O)[C@]1(OC(C)=O)[C@@H](O)C[C@@H]2CC[C@H]1N2C. The maximum atomic E-state index is 12.1. The van der Waals surface area contributed by atoms with Crippen LogP contribution in [0.5, 0.6) is 0 Å². The van der Waals surface area contributed by atoms with Crippen LogP contribution in [0.3, 0.4) is 0 Å². The summed E-state index contributed by atoms with van der Waals surface area (Å²) >= 11 is 0. The Morgan fingerprint density at radius 1 is 1.39 bits per heavy atom. The molecule has 0 amide bonds. The number of aliphatic hydroxyl groups is 1. The molecule has 2 fully saturated rings. The number of carbonyl (C=O) groups excluding carboxylic acids is 2. The summed E-state index contributed by atoms with van der Waals surface area (Å²) in [7, 11) is 3.12. The van der Waals surface area contributed by atoms with Crippen molar-refractivity contribution >= 4 is 11.9 Å². The number of aliphatic hydroxyl groups excluding tert-OH is 1. The van der Waals surface area contributed by atoms with Crippen LogP contribution in [0.15, 0.2) is 0 Å². The zero-order valence-electron chi connectivity index (χ0n) is 10.9. The van der Waals surface area contributed by atoms with E-state index in [9.17, 15) is 14.7 Å². The molecule has 6 nitrogen and oxygen atoms in total. The van der Waals surface area contributed by atoms with Crippen molar-refractivity contribution in [3.8, 4) is 0 Å². The predicted molar refractivity (Wildman–Crippen MR) is 61.7 cm³/mol. The first-order valence-corrected chi connectivity index (χ1v) is 6.11. The van der Waals surface area contributed by atoms with Gasteiger partial charge >= 0.3 is 11.9 Å². The molecule has 2 bridgehead atoms. The summed E-state index contributed by atoms with van der Waals surface area (Å²) in [4.78, 5) is 25.4. The van der Waals surface area contributed by atoms with E-state index in [-0.39, 0.29) is 12.1 Å². The van der Waals surface area contributed by atoms with Gasteiger partial charge in [-0.15, -0.1) is 0 Å². The molecule has 2 heterocycles. The summed E-state index contributed by atoms with van der Waals surface area (Å²) in [5.74, 6) is -1.26. The number of fused-ring (bicyclic) bond motifs is 2. The zero-order valence-corrected chi connectivity index (χ0v) is 10.9. The van der Waals surface area contributed by atoms with Crippen LogP contribution in [0.4, 0.5) is 0 Å². The van der Waals surface area contributed by atoms with E-state index in [1.54, 1.807) is 0 Å². The van der Waals surface area contributed by atoms with Gasteiger partial charge in [-0.3, -0.25) is 9.69 Å². The van der Waals surface area contributed by atoms with Gasteiger partial charge in [-0.2, -0.15) is 0 Å². The fraction of sp³-hybridized carbons (Fsp3) is 0.833. The average molecular weight is 257 g/mol. The number of ether oxygens (including phenoxy) is 2.